The molecule has 1 atom stereocenters. The molecule has 0 aromatic heterocycles. The molecule has 0 radical (unpaired) electrons. The predicted molar refractivity (Wildman–Crippen MR) is 105 cm³/mol. The Labute approximate surface area is 154 Å². The van der Waals surface area contributed by atoms with Crippen LogP contribution in [0.15, 0.2) is 72.8 Å². The molecule has 0 spiro atoms. The van der Waals surface area contributed by atoms with Crippen molar-refractivity contribution in [2.75, 3.05) is 12.3 Å². The van der Waals surface area contributed by atoms with E-state index in [-0.39, 0.29) is 12.3 Å². The van der Waals surface area contributed by atoms with Crippen molar-refractivity contribution in [1.82, 2.24) is 4.72 Å². The standard InChI is InChI=1S/C21H23NO3S/c23-21(20-12-6-10-18-9-4-5-11-19(18)20)13-15-22-26(24,25)16-14-17-7-2-1-3-8-17/h1-12,21-23H,13-16H2. The van der Waals surface area contributed by atoms with Gasteiger partial charge in [-0.3, -0.25) is 0 Å². The summed E-state index contributed by atoms with van der Waals surface area (Å²) in [5, 5.41) is 12.5. The van der Waals surface area contributed by atoms with E-state index in [0.717, 1.165) is 21.9 Å². The average Bonchev–Trinajstić information content (AvgIpc) is 2.66. The average molecular weight is 369 g/mol. The monoisotopic (exact) mass is 369 g/mol. The minimum absolute atomic E-state index is 0.0430. The maximum Gasteiger partial charge on any atom is 0.211 e. The first-order chi connectivity index (χ1) is 12.6. The molecule has 0 aliphatic heterocycles. The van der Waals surface area contributed by atoms with Gasteiger partial charge in [0.05, 0.1) is 11.9 Å². The zero-order chi connectivity index (χ0) is 18.4. The summed E-state index contributed by atoms with van der Waals surface area (Å²) in [5.74, 6) is 0.0430. The van der Waals surface area contributed by atoms with Crippen LogP contribution >= 0.6 is 0 Å². The Bertz CT molecular complexity index is 950. The number of fused-ring (bicyclic) bond motifs is 1. The quantitative estimate of drug-likeness (QED) is 0.639. The molecule has 0 amide bonds. The van der Waals surface area contributed by atoms with Crippen molar-refractivity contribution in [3.63, 3.8) is 0 Å². The van der Waals surface area contributed by atoms with Crippen LogP contribution in [0.1, 0.15) is 23.7 Å². The van der Waals surface area contributed by atoms with Crippen molar-refractivity contribution >= 4 is 20.8 Å². The van der Waals surface area contributed by atoms with Crippen molar-refractivity contribution in [1.29, 1.82) is 0 Å². The summed E-state index contributed by atoms with van der Waals surface area (Å²) < 4.78 is 26.9. The van der Waals surface area contributed by atoms with Gasteiger partial charge in [-0.15, -0.1) is 0 Å². The summed E-state index contributed by atoms with van der Waals surface area (Å²) in [4.78, 5) is 0. The number of sulfonamides is 1. The van der Waals surface area contributed by atoms with Gasteiger partial charge in [0, 0.05) is 6.54 Å². The molecule has 0 heterocycles. The lowest BCUT2D eigenvalue weighted by atomic mass is 9.99. The zero-order valence-electron chi connectivity index (χ0n) is 14.5. The number of rotatable bonds is 8. The molecule has 3 rings (SSSR count). The Hall–Kier alpha value is -2.21. The SMILES string of the molecule is O=S(=O)(CCc1ccccc1)NCCC(O)c1cccc2ccccc12. The van der Waals surface area contributed by atoms with Crippen molar-refractivity contribution in [3.05, 3.63) is 83.9 Å². The van der Waals surface area contributed by atoms with Crippen LogP contribution in [0.4, 0.5) is 0 Å². The minimum Gasteiger partial charge on any atom is -0.388 e. The van der Waals surface area contributed by atoms with Crippen LogP contribution in [-0.4, -0.2) is 25.8 Å². The number of aryl methyl sites for hydroxylation is 1. The Morgan fingerprint density at radius 3 is 2.38 bits per heavy atom. The molecule has 0 fully saturated rings. The number of benzene rings is 3. The third-order valence-electron chi connectivity index (χ3n) is 4.42. The van der Waals surface area contributed by atoms with Crippen LogP contribution in [-0.2, 0) is 16.4 Å². The van der Waals surface area contributed by atoms with E-state index >= 15 is 0 Å². The number of aliphatic hydroxyl groups excluding tert-OH is 1. The first-order valence-electron chi connectivity index (χ1n) is 8.72. The topological polar surface area (TPSA) is 66.4 Å². The highest BCUT2D eigenvalue weighted by Gasteiger charge is 2.14. The molecule has 5 heteroatoms. The van der Waals surface area contributed by atoms with Gasteiger partial charge < -0.3 is 5.11 Å². The van der Waals surface area contributed by atoms with Gasteiger partial charge in [-0.2, -0.15) is 0 Å². The first kappa shape index (κ1) is 18.6. The largest absolute Gasteiger partial charge is 0.388 e. The molecule has 0 aliphatic rings. The molecule has 3 aromatic carbocycles. The van der Waals surface area contributed by atoms with E-state index in [0.29, 0.717) is 12.8 Å². The third-order valence-corrected chi connectivity index (χ3v) is 5.81. The lowest BCUT2D eigenvalue weighted by Gasteiger charge is -2.14. The summed E-state index contributed by atoms with van der Waals surface area (Å²) in [6.45, 7) is 0.210. The molecule has 0 saturated heterocycles. The van der Waals surface area contributed by atoms with E-state index < -0.39 is 16.1 Å². The zero-order valence-corrected chi connectivity index (χ0v) is 15.3. The highest BCUT2D eigenvalue weighted by atomic mass is 32.2. The van der Waals surface area contributed by atoms with E-state index in [1.807, 2.05) is 72.8 Å². The van der Waals surface area contributed by atoms with Crippen molar-refractivity contribution in [2.45, 2.75) is 18.9 Å². The third kappa shape index (κ3) is 4.91. The number of hydrogen-bond donors (Lipinski definition) is 2. The van der Waals surface area contributed by atoms with Crippen LogP contribution in [0.2, 0.25) is 0 Å². The van der Waals surface area contributed by atoms with Gasteiger partial charge in [0.2, 0.25) is 10.0 Å². The van der Waals surface area contributed by atoms with Gasteiger partial charge in [0.1, 0.15) is 0 Å². The van der Waals surface area contributed by atoms with Crippen molar-refractivity contribution in [3.8, 4) is 0 Å². The van der Waals surface area contributed by atoms with Crippen molar-refractivity contribution in [2.24, 2.45) is 0 Å². The number of nitrogens with one attached hydrogen (secondary N) is 1. The highest BCUT2D eigenvalue weighted by molar-refractivity contribution is 7.89. The second kappa shape index (κ2) is 8.45. The second-order valence-electron chi connectivity index (χ2n) is 6.32. The van der Waals surface area contributed by atoms with Crippen LogP contribution < -0.4 is 4.72 Å². The Morgan fingerprint density at radius 1 is 0.885 bits per heavy atom. The summed E-state index contributed by atoms with van der Waals surface area (Å²) in [6, 6.07) is 23.2. The highest BCUT2D eigenvalue weighted by Crippen LogP contribution is 2.25. The van der Waals surface area contributed by atoms with E-state index in [1.165, 1.54) is 0 Å². The molecule has 2 N–H and O–H groups in total. The van der Waals surface area contributed by atoms with E-state index in [4.69, 9.17) is 0 Å². The van der Waals surface area contributed by atoms with Gasteiger partial charge >= 0.3 is 0 Å². The maximum atomic E-state index is 12.1. The fourth-order valence-corrected chi connectivity index (χ4v) is 4.09. The Kier molecular flexibility index (Phi) is 6.04. The van der Waals surface area contributed by atoms with E-state index in [9.17, 15) is 13.5 Å². The molecular weight excluding hydrogens is 346 g/mol. The molecule has 0 saturated carbocycles. The summed E-state index contributed by atoms with van der Waals surface area (Å²) in [7, 11) is -3.36. The first-order valence-corrected chi connectivity index (χ1v) is 10.4. The van der Waals surface area contributed by atoms with Gasteiger partial charge in [0.25, 0.3) is 0 Å². The smallest absolute Gasteiger partial charge is 0.211 e. The van der Waals surface area contributed by atoms with Crippen LogP contribution in [0, 0.1) is 0 Å². The maximum absolute atomic E-state index is 12.1. The lowest BCUT2D eigenvalue weighted by Crippen LogP contribution is -2.29. The summed E-state index contributed by atoms with van der Waals surface area (Å²) >= 11 is 0. The molecule has 3 aromatic rings. The summed E-state index contributed by atoms with van der Waals surface area (Å²) in [6.07, 6.45) is 0.0959. The molecule has 26 heavy (non-hydrogen) atoms. The van der Waals surface area contributed by atoms with Gasteiger partial charge in [-0.05, 0) is 34.7 Å². The molecule has 1 unspecified atom stereocenters. The minimum atomic E-state index is -3.36. The molecular formula is C21H23NO3S. The normalized spacial score (nSPS) is 13.0. The van der Waals surface area contributed by atoms with Crippen LogP contribution in [0.3, 0.4) is 0 Å². The number of aliphatic hydroxyl groups is 1. The molecule has 4 nitrogen and oxygen atoms in total. The van der Waals surface area contributed by atoms with Gasteiger partial charge in [-0.1, -0.05) is 72.8 Å². The van der Waals surface area contributed by atoms with Crippen LogP contribution in [0.25, 0.3) is 10.8 Å². The second-order valence-corrected chi connectivity index (χ2v) is 8.25. The Morgan fingerprint density at radius 2 is 1.58 bits per heavy atom. The van der Waals surface area contributed by atoms with E-state index in [1.54, 1.807) is 0 Å². The predicted octanol–water partition coefficient (Wildman–Crippen LogP) is 3.43. The number of hydrogen-bond acceptors (Lipinski definition) is 3. The van der Waals surface area contributed by atoms with Gasteiger partial charge in [0.15, 0.2) is 0 Å². The van der Waals surface area contributed by atoms with Crippen LogP contribution in [0.5, 0.6) is 0 Å². The molecule has 136 valence electrons. The van der Waals surface area contributed by atoms with E-state index in [2.05, 4.69) is 4.72 Å². The Balaban J connectivity index is 1.55. The molecule has 0 aliphatic carbocycles. The fourth-order valence-electron chi connectivity index (χ4n) is 3.02. The fraction of sp³-hybridized carbons (Fsp3) is 0.238. The molecule has 0 bridgehead atoms. The summed E-state index contributed by atoms with van der Waals surface area (Å²) in [5.41, 5.74) is 1.82. The van der Waals surface area contributed by atoms with Gasteiger partial charge in [-0.25, -0.2) is 13.1 Å². The van der Waals surface area contributed by atoms with Crippen molar-refractivity contribution < 1.29 is 13.5 Å². The lowest BCUT2D eigenvalue weighted by molar-refractivity contribution is 0.170.